The number of rotatable bonds is 5. The Morgan fingerprint density at radius 1 is 1.35 bits per heavy atom. The number of thiocarbonyl (C=S) groups is 1. The van der Waals surface area contributed by atoms with Crippen molar-refractivity contribution in [3.63, 3.8) is 0 Å². The molecule has 1 aromatic carbocycles. The van der Waals surface area contributed by atoms with Gasteiger partial charge in [-0.15, -0.1) is 11.3 Å². The van der Waals surface area contributed by atoms with Crippen LogP contribution in [0, 0.1) is 6.92 Å². The minimum absolute atomic E-state index is 0.382. The molecule has 0 atom stereocenters. The van der Waals surface area contributed by atoms with Crippen molar-refractivity contribution in [2.24, 2.45) is 5.73 Å². The molecule has 0 aliphatic rings. The summed E-state index contributed by atoms with van der Waals surface area (Å²) in [6, 6.07) is 10.9. The van der Waals surface area contributed by atoms with E-state index in [-0.39, 0.29) is 0 Å². The van der Waals surface area contributed by atoms with E-state index in [2.05, 4.69) is 61.4 Å². The normalized spacial score (nSPS) is 10.8. The van der Waals surface area contributed by atoms with E-state index in [9.17, 15) is 0 Å². The summed E-state index contributed by atoms with van der Waals surface area (Å²) in [5.41, 5.74) is 9.16. The third-order valence-corrected chi connectivity index (χ3v) is 4.34. The number of benzene rings is 1. The van der Waals surface area contributed by atoms with Gasteiger partial charge in [-0.3, -0.25) is 0 Å². The van der Waals surface area contributed by atoms with Gasteiger partial charge in [-0.2, -0.15) is 0 Å². The number of anilines is 1. The number of nitrogens with two attached hydrogens (primary N) is 1. The van der Waals surface area contributed by atoms with Gasteiger partial charge in [0.2, 0.25) is 0 Å². The molecule has 2 rings (SSSR count). The van der Waals surface area contributed by atoms with Crippen LogP contribution in [0.2, 0.25) is 0 Å². The zero-order chi connectivity index (χ0) is 14.7. The molecule has 106 valence electrons. The maximum atomic E-state index is 5.90. The highest BCUT2D eigenvalue weighted by molar-refractivity contribution is 7.80. The first-order chi connectivity index (χ1) is 9.49. The lowest BCUT2D eigenvalue weighted by Crippen LogP contribution is -2.32. The van der Waals surface area contributed by atoms with Gasteiger partial charge in [0, 0.05) is 22.2 Å². The Bertz CT molecular complexity index is 589. The summed E-state index contributed by atoms with van der Waals surface area (Å²) in [7, 11) is 0. The lowest BCUT2D eigenvalue weighted by Gasteiger charge is -2.30. The van der Waals surface area contributed by atoms with Crippen LogP contribution in [0.25, 0.3) is 0 Å². The second-order valence-corrected chi connectivity index (χ2v) is 6.66. The van der Waals surface area contributed by atoms with Crippen LogP contribution in [-0.2, 0) is 6.54 Å². The molecular formula is C16H20N2S2. The van der Waals surface area contributed by atoms with Crippen LogP contribution in [0.15, 0.2) is 35.7 Å². The molecular weight excluding hydrogens is 284 g/mol. The van der Waals surface area contributed by atoms with E-state index in [0.29, 0.717) is 11.0 Å². The quantitative estimate of drug-likeness (QED) is 0.843. The van der Waals surface area contributed by atoms with Gasteiger partial charge in [-0.25, -0.2) is 0 Å². The van der Waals surface area contributed by atoms with Crippen molar-refractivity contribution in [2.75, 3.05) is 4.90 Å². The summed E-state index contributed by atoms with van der Waals surface area (Å²) < 4.78 is 0. The predicted octanol–water partition coefficient (Wildman–Crippen LogP) is 4.11. The lowest BCUT2D eigenvalue weighted by atomic mass is 10.1. The molecule has 1 aromatic heterocycles. The van der Waals surface area contributed by atoms with E-state index in [1.54, 1.807) is 11.3 Å². The Labute approximate surface area is 130 Å². The molecule has 0 radical (unpaired) electrons. The van der Waals surface area contributed by atoms with Crippen LogP contribution >= 0.6 is 23.6 Å². The molecule has 0 aliphatic carbocycles. The average Bonchev–Trinajstić information content (AvgIpc) is 2.89. The Morgan fingerprint density at radius 2 is 2.10 bits per heavy atom. The monoisotopic (exact) mass is 304 g/mol. The number of nitrogens with zero attached hydrogens (tertiary/aromatic N) is 1. The van der Waals surface area contributed by atoms with Crippen LogP contribution in [0.1, 0.15) is 29.9 Å². The third kappa shape index (κ3) is 3.38. The Kier molecular flexibility index (Phi) is 4.78. The fraction of sp³-hybridized carbons (Fsp3) is 0.312. The van der Waals surface area contributed by atoms with Crippen molar-refractivity contribution < 1.29 is 0 Å². The van der Waals surface area contributed by atoms with Crippen LogP contribution < -0.4 is 10.6 Å². The molecule has 4 heteroatoms. The number of aryl methyl sites for hydroxylation is 1. The van der Waals surface area contributed by atoms with Crippen molar-refractivity contribution in [1.29, 1.82) is 0 Å². The van der Waals surface area contributed by atoms with Gasteiger partial charge >= 0.3 is 0 Å². The van der Waals surface area contributed by atoms with E-state index in [0.717, 1.165) is 17.8 Å². The minimum atomic E-state index is 0.382. The molecule has 1 heterocycles. The Hall–Kier alpha value is -1.39. The molecule has 0 saturated heterocycles. The van der Waals surface area contributed by atoms with E-state index in [4.69, 9.17) is 18.0 Å². The first-order valence-corrected chi connectivity index (χ1v) is 7.97. The SMILES string of the molecule is Cc1ccc(N(Cc2cccs2)C(C)C)c(C(N)=S)c1. The van der Waals surface area contributed by atoms with E-state index in [1.165, 1.54) is 10.4 Å². The van der Waals surface area contributed by atoms with Crippen LogP contribution in [0.3, 0.4) is 0 Å². The summed E-state index contributed by atoms with van der Waals surface area (Å²) in [6.45, 7) is 7.33. The van der Waals surface area contributed by atoms with Crippen molar-refractivity contribution in [3.05, 3.63) is 51.7 Å². The number of hydrogen-bond acceptors (Lipinski definition) is 3. The second-order valence-electron chi connectivity index (χ2n) is 5.19. The topological polar surface area (TPSA) is 29.3 Å². The molecule has 0 spiro atoms. The zero-order valence-corrected chi connectivity index (χ0v) is 13.7. The molecule has 0 fully saturated rings. The van der Waals surface area contributed by atoms with Gasteiger partial charge in [0.05, 0.1) is 6.54 Å². The summed E-state index contributed by atoms with van der Waals surface area (Å²) in [5.74, 6) is 0. The maximum Gasteiger partial charge on any atom is 0.106 e. The van der Waals surface area contributed by atoms with Gasteiger partial charge < -0.3 is 10.6 Å². The second kappa shape index (κ2) is 6.37. The average molecular weight is 304 g/mol. The van der Waals surface area contributed by atoms with Gasteiger partial charge in [-0.05, 0) is 44.4 Å². The molecule has 20 heavy (non-hydrogen) atoms. The van der Waals surface area contributed by atoms with Crippen LogP contribution in [-0.4, -0.2) is 11.0 Å². The van der Waals surface area contributed by atoms with E-state index < -0.39 is 0 Å². The highest BCUT2D eigenvalue weighted by atomic mass is 32.1. The van der Waals surface area contributed by atoms with Gasteiger partial charge in [0.1, 0.15) is 4.99 Å². The van der Waals surface area contributed by atoms with Crippen LogP contribution in [0.5, 0.6) is 0 Å². The number of hydrogen-bond donors (Lipinski definition) is 1. The number of thiophene rings is 1. The van der Waals surface area contributed by atoms with Gasteiger partial charge in [0.15, 0.2) is 0 Å². The fourth-order valence-corrected chi connectivity index (χ4v) is 3.08. The van der Waals surface area contributed by atoms with E-state index in [1.807, 2.05) is 0 Å². The minimum Gasteiger partial charge on any atom is -0.389 e. The first kappa shape index (κ1) is 15.0. The molecule has 0 aliphatic heterocycles. The van der Waals surface area contributed by atoms with E-state index >= 15 is 0 Å². The molecule has 0 bridgehead atoms. The highest BCUT2D eigenvalue weighted by Crippen LogP contribution is 2.27. The Morgan fingerprint density at radius 3 is 2.65 bits per heavy atom. The molecule has 0 saturated carbocycles. The first-order valence-electron chi connectivity index (χ1n) is 6.68. The summed E-state index contributed by atoms with van der Waals surface area (Å²) >= 11 is 6.99. The third-order valence-electron chi connectivity index (χ3n) is 3.26. The lowest BCUT2D eigenvalue weighted by molar-refractivity contribution is 0.686. The van der Waals surface area contributed by atoms with Crippen molar-refractivity contribution >= 4 is 34.2 Å². The Balaban J connectivity index is 2.41. The molecule has 2 N–H and O–H groups in total. The summed E-state index contributed by atoms with van der Waals surface area (Å²) in [4.78, 5) is 4.15. The molecule has 0 amide bonds. The highest BCUT2D eigenvalue weighted by Gasteiger charge is 2.16. The smallest absolute Gasteiger partial charge is 0.106 e. The molecule has 0 unspecified atom stereocenters. The van der Waals surface area contributed by atoms with Crippen molar-refractivity contribution in [2.45, 2.75) is 33.4 Å². The largest absolute Gasteiger partial charge is 0.389 e. The summed E-state index contributed by atoms with van der Waals surface area (Å²) in [5, 5.41) is 2.11. The zero-order valence-electron chi connectivity index (χ0n) is 12.1. The van der Waals surface area contributed by atoms with Gasteiger partial charge in [-0.1, -0.05) is 29.9 Å². The van der Waals surface area contributed by atoms with Crippen molar-refractivity contribution in [3.8, 4) is 0 Å². The fourth-order valence-electron chi connectivity index (χ4n) is 2.21. The van der Waals surface area contributed by atoms with Crippen molar-refractivity contribution in [1.82, 2.24) is 0 Å². The maximum absolute atomic E-state index is 5.90. The molecule has 2 aromatic rings. The standard InChI is InChI=1S/C16H20N2S2/c1-11(2)18(10-13-5-4-8-20-13)15-7-6-12(3)9-14(15)16(17)19/h4-9,11H,10H2,1-3H3,(H2,17,19). The van der Waals surface area contributed by atoms with Crippen LogP contribution in [0.4, 0.5) is 5.69 Å². The van der Waals surface area contributed by atoms with Gasteiger partial charge in [0.25, 0.3) is 0 Å². The predicted molar refractivity (Wildman–Crippen MR) is 92.7 cm³/mol. The summed E-state index contributed by atoms with van der Waals surface area (Å²) in [6.07, 6.45) is 0. The molecule has 2 nitrogen and oxygen atoms in total.